The van der Waals surface area contributed by atoms with Crippen LogP contribution in [0, 0.1) is 0 Å². The molecule has 0 fully saturated rings. The van der Waals surface area contributed by atoms with Gasteiger partial charge >= 0.3 is 0 Å². The maximum atomic E-state index is 10.2. The van der Waals surface area contributed by atoms with Crippen molar-refractivity contribution < 1.29 is 4.79 Å². The van der Waals surface area contributed by atoms with E-state index in [2.05, 4.69) is 5.32 Å². The fourth-order valence-corrected chi connectivity index (χ4v) is 0.485. The van der Waals surface area contributed by atoms with Gasteiger partial charge in [0, 0.05) is 20.0 Å². The predicted molar refractivity (Wildman–Crippen MR) is 37.1 cm³/mol. The quantitative estimate of drug-likeness (QED) is 0.635. The van der Waals surface area contributed by atoms with Crippen molar-refractivity contribution in [1.82, 2.24) is 9.25 Å². The summed E-state index contributed by atoms with van der Waals surface area (Å²) in [7, 11) is 0. The van der Waals surface area contributed by atoms with Crippen LogP contribution in [0.15, 0.2) is 0 Å². The van der Waals surface area contributed by atoms with E-state index in [-0.39, 0.29) is 5.91 Å². The SMILES string of the molecule is CC(=O)NCCN(Cl)Cl. The van der Waals surface area contributed by atoms with Crippen LogP contribution in [0.1, 0.15) is 6.92 Å². The van der Waals surface area contributed by atoms with Crippen LogP contribution >= 0.6 is 23.6 Å². The highest BCUT2D eigenvalue weighted by Gasteiger charge is 1.94. The van der Waals surface area contributed by atoms with E-state index < -0.39 is 0 Å². The monoisotopic (exact) mass is 170 g/mol. The smallest absolute Gasteiger partial charge is 0.216 e. The summed E-state index contributed by atoms with van der Waals surface area (Å²) in [5, 5.41) is 2.53. The maximum Gasteiger partial charge on any atom is 0.216 e. The molecule has 0 unspecified atom stereocenters. The first-order valence-electron chi connectivity index (χ1n) is 2.46. The van der Waals surface area contributed by atoms with Crippen LogP contribution < -0.4 is 5.32 Å². The minimum Gasteiger partial charge on any atom is -0.355 e. The lowest BCUT2D eigenvalue weighted by Gasteiger charge is -2.02. The second kappa shape index (κ2) is 4.85. The van der Waals surface area contributed by atoms with Crippen LogP contribution in [0.5, 0.6) is 0 Å². The van der Waals surface area contributed by atoms with E-state index in [4.69, 9.17) is 23.6 Å². The molecule has 3 nitrogen and oxygen atoms in total. The van der Waals surface area contributed by atoms with Crippen LogP contribution in [-0.4, -0.2) is 22.9 Å². The molecule has 0 saturated heterocycles. The van der Waals surface area contributed by atoms with Gasteiger partial charge in [0.05, 0.1) is 0 Å². The van der Waals surface area contributed by atoms with Crippen molar-refractivity contribution in [2.24, 2.45) is 0 Å². The zero-order chi connectivity index (χ0) is 7.28. The fourth-order valence-electron chi connectivity index (χ4n) is 0.316. The summed E-state index contributed by atoms with van der Waals surface area (Å²) < 4.78 is 0.968. The summed E-state index contributed by atoms with van der Waals surface area (Å²) in [6.07, 6.45) is 0. The van der Waals surface area contributed by atoms with Gasteiger partial charge in [-0.3, -0.25) is 4.79 Å². The van der Waals surface area contributed by atoms with Crippen molar-refractivity contribution in [3.63, 3.8) is 0 Å². The summed E-state index contributed by atoms with van der Waals surface area (Å²) in [5.74, 6) is -0.0785. The highest BCUT2D eigenvalue weighted by Crippen LogP contribution is 1.94. The average Bonchev–Trinajstić information content (AvgIpc) is 1.63. The van der Waals surface area contributed by atoms with Crippen molar-refractivity contribution in [1.29, 1.82) is 0 Å². The lowest BCUT2D eigenvalue weighted by atomic mass is 10.6. The molecule has 0 aliphatic heterocycles. The van der Waals surface area contributed by atoms with Gasteiger partial charge in [0.1, 0.15) is 0 Å². The highest BCUT2D eigenvalue weighted by atomic mass is 35.5. The highest BCUT2D eigenvalue weighted by molar-refractivity contribution is 6.33. The summed E-state index contributed by atoms with van der Waals surface area (Å²) >= 11 is 10.4. The Balaban J connectivity index is 3.01. The van der Waals surface area contributed by atoms with Gasteiger partial charge in [-0.05, 0) is 23.6 Å². The van der Waals surface area contributed by atoms with Gasteiger partial charge in [0.15, 0.2) is 0 Å². The van der Waals surface area contributed by atoms with Crippen molar-refractivity contribution in [2.45, 2.75) is 6.92 Å². The Kier molecular flexibility index (Phi) is 4.85. The molecule has 0 spiro atoms. The Labute approximate surface area is 64.1 Å². The molecule has 54 valence electrons. The number of carbonyl (C=O) groups excluding carboxylic acids is 1. The van der Waals surface area contributed by atoms with E-state index >= 15 is 0 Å². The van der Waals surface area contributed by atoms with Gasteiger partial charge in [0.2, 0.25) is 5.91 Å². The van der Waals surface area contributed by atoms with Crippen LogP contribution in [0.3, 0.4) is 0 Å². The summed E-state index contributed by atoms with van der Waals surface area (Å²) in [6, 6.07) is 0. The lowest BCUT2D eigenvalue weighted by Crippen LogP contribution is -2.26. The third-order valence-electron chi connectivity index (χ3n) is 0.655. The molecule has 0 saturated carbocycles. The number of rotatable bonds is 3. The molecular formula is C4H8Cl2N2O. The van der Waals surface area contributed by atoms with E-state index in [0.717, 1.165) is 3.94 Å². The molecule has 0 aliphatic rings. The van der Waals surface area contributed by atoms with E-state index in [1.165, 1.54) is 6.92 Å². The first-order valence-corrected chi connectivity index (χ1v) is 3.14. The number of halogens is 2. The maximum absolute atomic E-state index is 10.2. The Bertz CT molecular complexity index is 96.6. The fraction of sp³-hybridized carbons (Fsp3) is 0.750. The Morgan fingerprint density at radius 2 is 2.22 bits per heavy atom. The molecule has 1 amide bonds. The Morgan fingerprint density at radius 1 is 1.67 bits per heavy atom. The van der Waals surface area contributed by atoms with Crippen molar-refractivity contribution >= 4 is 29.5 Å². The van der Waals surface area contributed by atoms with E-state index in [0.29, 0.717) is 13.1 Å². The topological polar surface area (TPSA) is 32.3 Å². The second-order valence-corrected chi connectivity index (χ2v) is 2.50. The predicted octanol–water partition coefficient (Wildman–Crippen LogP) is 0.732. The number of nitrogens with one attached hydrogen (secondary N) is 1. The van der Waals surface area contributed by atoms with Gasteiger partial charge in [0.25, 0.3) is 0 Å². The largest absolute Gasteiger partial charge is 0.355 e. The van der Waals surface area contributed by atoms with E-state index in [1.54, 1.807) is 0 Å². The molecule has 0 aliphatic carbocycles. The summed E-state index contributed by atoms with van der Waals surface area (Å²) in [4.78, 5) is 10.2. The van der Waals surface area contributed by atoms with E-state index in [9.17, 15) is 4.79 Å². The standard InChI is InChI=1S/C4H8Cl2N2O/c1-4(9)7-2-3-8(5)6/h2-3H2,1H3,(H,7,9). The number of hydrogen-bond acceptors (Lipinski definition) is 2. The van der Waals surface area contributed by atoms with Crippen LogP contribution in [0.4, 0.5) is 0 Å². The molecular weight excluding hydrogens is 163 g/mol. The Hall–Kier alpha value is 0.01000. The molecule has 0 bridgehead atoms. The number of amides is 1. The normalized spacial score (nSPS) is 9.78. The Morgan fingerprint density at radius 3 is 2.56 bits per heavy atom. The average molecular weight is 171 g/mol. The lowest BCUT2D eigenvalue weighted by molar-refractivity contribution is -0.118. The van der Waals surface area contributed by atoms with Crippen LogP contribution in [-0.2, 0) is 4.79 Å². The number of carbonyl (C=O) groups is 1. The van der Waals surface area contributed by atoms with Gasteiger partial charge < -0.3 is 5.32 Å². The number of nitrogens with zero attached hydrogens (tertiary/aromatic N) is 1. The minimum absolute atomic E-state index is 0.0785. The molecule has 9 heavy (non-hydrogen) atoms. The first-order chi connectivity index (χ1) is 4.13. The summed E-state index contributed by atoms with van der Waals surface area (Å²) in [5.41, 5.74) is 0. The molecule has 0 atom stereocenters. The molecule has 0 aromatic carbocycles. The van der Waals surface area contributed by atoms with Crippen molar-refractivity contribution in [3.8, 4) is 0 Å². The van der Waals surface area contributed by atoms with Gasteiger partial charge in [-0.2, -0.15) is 0 Å². The first kappa shape index (κ1) is 9.01. The van der Waals surface area contributed by atoms with Gasteiger partial charge in [-0.15, -0.1) is 3.94 Å². The zero-order valence-electron chi connectivity index (χ0n) is 5.03. The van der Waals surface area contributed by atoms with Crippen LogP contribution in [0.25, 0.3) is 0 Å². The molecule has 0 radical (unpaired) electrons. The third kappa shape index (κ3) is 8.01. The molecule has 5 heteroatoms. The summed E-state index contributed by atoms with van der Waals surface area (Å²) in [6.45, 7) is 2.35. The van der Waals surface area contributed by atoms with Crippen molar-refractivity contribution in [2.75, 3.05) is 13.1 Å². The molecule has 0 aromatic heterocycles. The number of hydrogen-bond donors (Lipinski definition) is 1. The second-order valence-electron chi connectivity index (χ2n) is 1.51. The third-order valence-corrected chi connectivity index (χ3v) is 0.993. The molecule has 0 rings (SSSR count). The molecule has 1 N–H and O–H groups in total. The van der Waals surface area contributed by atoms with Crippen LogP contribution in [0.2, 0.25) is 0 Å². The zero-order valence-corrected chi connectivity index (χ0v) is 6.54. The molecule has 0 heterocycles. The molecule has 0 aromatic rings. The van der Waals surface area contributed by atoms with Crippen molar-refractivity contribution in [3.05, 3.63) is 0 Å². The van der Waals surface area contributed by atoms with E-state index in [1.807, 2.05) is 0 Å². The van der Waals surface area contributed by atoms with Gasteiger partial charge in [-0.25, -0.2) is 0 Å². The minimum atomic E-state index is -0.0785. The van der Waals surface area contributed by atoms with Gasteiger partial charge in [-0.1, -0.05) is 0 Å².